The molecular formula is C28H25N7. The van der Waals surface area contributed by atoms with Gasteiger partial charge in [-0.3, -0.25) is 4.98 Å². The summed E-state index contributed by atoms with van der Waals surface area (Å²) in [7, 11) is 0. The zero-order valence-electron chi connectivity index (χ0n) is 19.5. The second kappa shape index (κ2) is 7.71. The van der Waals surface area contributed by atoms with Crippen molar-refractivity contribution in [2.24, 2.45) is 0 Å². The van der Waals surface area contributed by atoms with Crippen LogP contribution in [0, 0.1) is 0 Å². The summed E-state index contributed by atoms with van der Waals surface area (Å²) in [6, 6.07) is 10.3. The number of hydrogen-bond acceptors (Lipinski definition) is 6. The summed E-state index contributed by atoms with van der Waals surface area (Å²) < 4.78 is 0. The second-order valence-electron chi connectivity index (χ2n) is 9.65. The standard InChI is InChI=1S/C28H25N7/c1-28(10-13-29-14-11-28)35-27-24-20(17-5-4-6-17)15-30-16-22(24)33-25(34-27)19-9-12-31-26-23(19)18-7-2-3-8-21(18)32-26/h2-9,12,15-16,29H,10-11,13-14H2,1H3,(H,31,32)(H,33,34,35). The number of para-hydroxylation sites is 1. The summed E-state index contributed by atoms with van der Waals surface area (Å²) in [4.78, 5) is 22.8. The van der Waals surface area contributed by atoms with Crippen LogP contribution in [-0.2, 0) is 0 Å². The van der Waals surface area contributed by atoms with E-state index >= 15 is 0 Å². The minimum atomic E-state index is -0.0531. The van der Waals surface area contributed by atoms with Gasteiger partial charge in [-0.15, -0.1) is 0 Å². The number of piperidine rings is 1. The average Bonchev–Trinajstić information content (AvgIpc) is 3.22. The van der Waals surface area contributed by atoms with Crippen molar-refractivity contribution in [2.45, 2.75) is 25.3 Å². The molecule has 3 N–H and O–H groups in total. The quantitative estimate of drug-likeness (QED) is 0.341. The van der Waals surface area contributed by atoms with Gasteiger partial charge in [0.25, 0.3) is 0 Å². The van der Waals surface area contributed by atoms with Gasteiger partial charge in [0.15, 0.2) is 5.82 Å². The van der Waals surface area contributed by atoms with Crippen LogP contribution >= 0.6 is 0 Å². The first-order valence-electron chi connectivity index (χ1n) is 12.1. The number of allylic oxidation sites excluding steroid dienone is 4. The van der Waals surface area contributed by atoms with E-state index < -0.39 is 0 Å². The number of pyridine rings is 2. The summed E-state index contributed by atoms with van der Waals surface area (Å²) in [5, 5.41) is 10.5. The molecule has 0 saturated carbocycles. The summed E-state index contributed by atoms with van der Waals surface area (Å²) >= 11 is 0. The number of rotatable bonds is 4. The van der Waals surface area contributed by atoms with Crippen molar-refractivity contribution in [2.75, 3.05) is 18.4 Å². The van der Waals surface area contributed by atoms with Crippen LogP contribution in [0.5, 0.6) is 0 Å². The van der Waals surface area contributed by atoms with E-state index in [1.165, 1.54) is 0 Å². The normalized spacial score (nSPS) is 17.0. The van der Waals surface area contributed by atoms with E-state index in [1.807, 2.05) is 30.7 Å². The van der Waals surface area contributed by atoms with Crippen LogP contribution in [0.2, 0.25) is 0 Å². The molecule has 0 amide bonds. The third-order valence-corrected chi connectivity index (χ3v) is 7.24. The number of aromatic nitrogens is 5. The van der Waals surface area contributed by atoms with E-state index in [0.717, 1.165) is 81.3 Å². The molecule has 1 aliphatic heterocycles. The third-order valence-electron chi connectivity index (χ3n) is 7.24. The first kappa shape index (κ1) is 20.3. The molecule has 1 aromatic carbocycles. The third kappa shape index (κ3) is 3.31. The fourth-order valence-corrected chi connectivity index (χ4v) is 5.23. The lowest BCUT2D eigenvalue weighted by Crippen LogP contribution is -2.45. The Labute approximate surface area is 202 Å². The van der Waals surface area contributed by atoms with Crippen molar-refractivity contribution in [3.8, 4) is 11.4 Å². The lowest BCUT2D eigenvalue weighted by Gasteiger charge is -2.36. The molecule has 1 saturated heterocycles. The highest BCUT2D eigenvalue weighted by atomic mass is 15.1. The number of anilines is 1. The minimum absolute atomic E-state index is 0.0531. The lowest BCUT2D eigenvalue weighted by molar-refractivity contribution is 0.364. The molecule has 7 heteroatoms. The maximum atomic E-state index is 5.19. The largest absolute Gasteiger partial charge is 0.364 e. The first-order chi connectivity index (χ1) is 17.2. The Kier molecular flexibility index (Phi) is 4.47. The number of aromatic amines is 1. The van der Waals surface area contributed by atoms with Gasteiger partial charge in [-0.25, -0.2) is 15.0 Å². The fraction of sp³-hybridized carbons (Fsp3) is 0.214. The lowest BCUT2D eigenvalue weighted by atomic mass is 9.90. The molecule has 0 unspecified atom stereocenters. The van der Waals surface area contributed by atoms with Gasteiger partial charge in [0.1, 0.15) is 11.5 Å². The molecular weight excluding hydrogens is 434 g/mol. The zero-order valence-corrected chi connectivity index (χ0v) is 19.5. The van der Waals surface area contributed by atoms with Crippen LogP contribution in [0.25, 0.3) is 49.8 Å². The zero-order chi connectivity index (χ0) is 23.4. The molecule has 1 fully saturated rings. The van der Waals surface area contributed by atoms with E-state index in [1.54, 1.807) is 0 Å². The van der Waals surface area contributed by atoms with E-state index in [0.29, 0.717) is 5.82 Å². The van der Waals surface area contributed by atoms with Gasteiger partial charge in [-0.2, -0.15) is 0 Å². The van der Waals surface area contributed by atoms with Crippen LogP contribution < -0.4 is 10.6 Å². The van der Waals surface area contributed by atoms with E-state index in [4.69, 9.17) is 9.97 Å². The van der Waals surface area contributed by atoms with Gasteiger partial charge < -0.3 is 15.6 Å². The molecule has 4 aromatic heterocycles. The van der Waals surface area contributed by atoms with E-state index in [-0.39, 0.29) is 5.54 Å². The molecule has 5 aromatic rings. The average molecular weight is 460 g/mol. The van der Waals surface area contributed by atoms with Crippen molar-refractivity contribution >= 4 is 44.2 Å². The van der Waals surface area contributed by atoms with Crippen LogP contribution in [0.1, 0.15) is 25.3 Å². The minimum Gasteiger partial charge on any atom is -0.364 e. The predicted molar refractivity (Wildman–Crippen MR) is 141 cm³/mol. The number of hydrogen-bond donors (Lipinski definition) is 3. The second-order valence-corrected chi connectivity index (χ2v) is 9.65. The summed E-state index contributed by atoms with van der Waals surface area (Å²) in [5.74, 6) is 1.53. The molecule has 1 aliphatic carbocycles. The summed E-state index contributed by atoms with van der Waals surface area (Å²) in [6.45, 7) is 4.26. The van der Waals surface area contributed by atoms with E-state index in [2.05, 4.69) is 68.9 Å². The smallest absolute Gasteiger partial charge is 0.163 e. The van der Waals surface area contributed by atoms with Gasteiger partial charge >= 0.3 is 0 Å². The number of nitrogens with one attached hydrogen (secondary N) is 3. The molecule has 0 atom stereocenters. The number of benzene rings is 1. The Morgan fingerprint density at radius 3 is 2.66 bits per heavy atom. The molecule has 0 radical (unpaired) electrons. The van der Waals surface area contributed by atoms with Gasteiger partial charge in [-0.05, 0) is 50.6 Å². The highest BCUT2D eigenvalue weighted by Crippen LogP contribution is 2.38. The molecule has 7 nitrogen and oxygen atoms in total. The maximum Gasteiger partial charge on any atom is 0.163 e. The van der Waals surface area contributed by atoms with Gasteiger partial charge in [0, 0.05) is 45.3 Å². The molecule has 5 heterocycles. The van der Waals surface area contributed by atoms with Crippen LogP contribution in [-0.4, -0.2) is 43.5 Å². The first-order valence-corrected chi connectivity index (χ1v) is 12.1. The Balaban J connectivity index is 1.48. The maximum absolute atomic E-state index is 5.19. The highest BCUT2D eigenvalue weighted by molar-refractivity contribution is 6.12. The SMILES string of the molecule is CC1(Nc2nc(-c3ccnc4[nH]c5ccccc5c34)nc3cncc(C4=CC=C4)c23)CCNCC1. The Hall–Kier alpha value is -4.10. The topological polar surface area (TPSA) is 91.4 Å². The Bertz CT molecular complexity index is 1670. The number of fused-ring (bicyclic) bond motifs is 4. The van der Waals surface area contributed by atoms with Crippen LogP contribution in [0.3, 0.4) is 0 Å². The Morgan fingerprint density at radius 1 is 0.971 bits per heavy atom. The summed E-state index contributed by atoms with van der Waals surface area (Å²) in [5.41, 5.74) is 5.84. The van der Waals surface area contributed by atoms with Crippen molar-refractivity contribution in [3.63, 3.8) is 0 Å². The molecule has 172 valence electrons. The van der Waals surface area contributed by atoms with Crippen molar-refractivity contribution < 1.29 is 0 Å². The highest BCUT2D eigenvalue weighted by Gasteiger charge is 2.29. The van der Waals surface area contributed by atoms with Crippen molar-refractivity contribution in [3.05, 3.63) is 72.7 Å². The molecule has 7 rings (SSSR count). The van der Waals surface area contributed by atoms with Crippen molar-refractivity contribution in [1.82, 2.24) is 30.2 Å². The molecule has 0 spiro atoms. The van der Waals surface area contributed by atoms with Crippen LogP contribution in [0.4, 0.5) is 5.82 Å². The predicted octanol–water partition coefficient (Wildman–Crippen LogP) is 5.23. The fourth-order valence-electron chi connectivity index (χ4n) is 5.23. The number of H-pyrrole nitrogens is 1. The molecule has 0 bridgehead atoms. The monoisotopic (exact) mass is 459 g/mol. The van der Waals surface area contributed by atoms with Gasteiger partial charge in [-0.1, -0.05) is 36.4 Å². The van der Waals surface area contributed by atoms with E-state index in [9.17, 15) is 0 Å². The Morgan fingerprint density at radius 2 is 1.83 bits per heavy atom. The van der Waals surface area contributed by atoms with Gasteiger partial charge in [0.2, 0.25) is 0 Å². The van der Waals surface area contributed by atoms with Crippen molar-refractivity contribution in [1.29, 1.82) is 0 Å². The van der Waals surface area contributed by atoms with Crippen LogP contribution in [0.15, 0.2) is 67.2 Å². The molecule has 2 aliphatic rings. The summed E-state index contributed by atoms with van der Waals surface area (Å²) in [6.07, 6.45) is 13.9. The number of nitrogens with zero attached hydrogens (tertiary/aromatic N) is 4. The van der Waals surface area contributed by atoms with Gasteiger partial charge in [0.05, 0.1) is 17.1 Å². The molecule has 35 heavy (non-hydrogen) atoms.